The number of hydrogen-bond acceptors (Lipinski definition) is 7. The predicted molar refractivity (Wildman–Crippen MR) is 153 cm³/mol. The maximum Gasteiger partial charge on any atom is 0.488 e. The van der Waals surface area contributed by atoms with Crippen LogP contribution in [-0.2, 0) is 24.4 Å². The van der Waals surface area contributed by atoms with Crippen LogP contribution in [-0.4, -0.2) is 62.4 Å². The van der Waals surface area contributed by atoms with Crippen LogP contribution in [0, 0.1) is 12.4 Å². The first kappa shape index (κ1) is 27.1. The molecule has 1 atom stereocenters. The lowest BCUT2D eigenvalue weighted by Gasteiger charge is -2.29. The first-order valence-electron chi connectivity index (χ1n) is 13.6. The molecule has 0 aliphatic carbocycles. The normalized spacial score (nSPS) is 17.1. The number of ether oxygens (including phenoxy) is 2. The fourth-order valence-electron chi connectivity index (χ4n) is 5.14. The van der Waals surface area contributed by atoms with Gasteiger partial charge in [-0.3, -0.25) is 4.90 Å². The summed E-state index contributed by atoms with van der Waals surface area (Å²) in [7, 11) is -1.53. The van der Waals surface area contributed by atoms with Gasteiger partial charge in [0, 0.05) is 31.3 Å². The summed E-state index contributed by atoms with van der Waals surface area (Å²) in [6.07, 6.45) is 4.10. The number of benzene rings is 2. The standard InChI is InChI=1S/C30H29BFN5O4/c1-33-23-7-5-21(25(32)16-23)19-41-30-4-2-3-26(35-30)20-9-12-36(13-10-20)18-29-34-27-8-6-22(31(38)39)15-28(27)37(29)17-24-11-14-40-24/h2-9,15-16,24,38-39H,10-14,17-19H2/t24-/m0/s1. The van der Waals surface area contributed by atoms with Crippen molar-refractivity contribution in [1.29, 1.82) is 0 Å². The Bertz CT molecular complexity index is 1650. The number of hydrogen-bond donors (Lipinski definition) is 2. The maximum absolute atomic E-state index is 14.2. The highest BCUT2D eigenvalue weighted by Crippen LogP contribution is 2.26. The Kier molecular flexibility index (Phi) is 7.81. The molecule has 9 nitrogen and oxygen atoms in total. The van der Waals surface area contributed by atoms with Crippen molar-refractivity contribution in [1.82, 2.24) is 19.4 Å². The molecule has 2 aliphatic heterocycles. The highest BCUT2D eigenvalue weighted by Gasteiger charge is 2.24. The second-order valence-corrected chi connectivity index (χ2v) is 10.3. The van der Waals surface area contributed by atoms with Gasteiger partial charge in [0.05, 0.1) is 42.5 Å². The quantitative estimate of drug-likeness (QED) is 0.242. The van der Waals surface area contributed by atoms with Crippen LogP contribution in [0.25, 0.3) is 21.5 Å². The largest absolute Gasteiger partial charge is 0.488 e. The molecule has 2 N–H and O–H groups in total. The van der Waals surface area contributed by atoms with E-state index < -0.39 is 12.9 Å². The van der Waals surface area contributed by atoms with Crippen molar-refractivity contribution in [3.8, 4) is 5.88 Å². The van der Waals surface area contributed by atoms with Crippen LogP contribution in [0.4, 0.5) is 10.1 Å². The number of aromatic nitrogens is 3. The van der Waals surface area contributed by atoms with Crippen molar-refractivity contribution in [2.75, 3.05) is 19.7 Å². The Hall–Kier alpha value is -4.08. The van der Waals surface area contributed by atoms with Crippen molar-refractivity contribution in [3.05, 3.63) is 95.0 Å². The SMILES string of the molecule is [C-]#[N+]c1ccc(COc2cccc(C3=CCN(Cc4nc5ccc(B(O)O)cc5n4C[C@@H]4CCO4)CC3)n2)c(F)c1. The van der Waals surface area contributed by atoms with Crippen molar-refractivity contribution >= 4 is 34.9 Å². The molecule has 0 radical (unpaired) electrons. The van der Waals surface area contributed by atoms with Gasteiger partial charge in [0.2, 0.25) is 5.88 Å². The number of imidazole rings is 1. The van der Waals surface area contributed by atoms with Crippen LogP contribution < -0.4 is 10.2 Å². The molecule has 11 heteroatoms. The van der Waals surface area contributed by atoms with E-state index in [2.05, 4.69) is 25.4 Å². The Morgan fingerprint density at radius 3 is 2.73 bits per heavy atom. The van der Waals surface area contributed by atoms with E-state index in [0.717, 1.165) is 60.7 Å². The Morgan fingerprint density at radius 2 is 2.02 bits per heavy atom. The average Bonchev–Trinajstić information content (AvgIpc) is 3.30. The molecule has 1 fully saturated rings. The van der Waals surface area contributed by atoms with E-state index in [0.29, 0.717) is 30.0 Å². The lowest BCUT2D eigenvalue weighted by molar-refractivity contribution is -0.0591. The van der Waals surface area contributed by atoms with E-state index in [9.17, 15) is 14.4 Å². The summed E-state index contributed by atoms with van der Waals surface area (Å²) < 4.78 is 27.8. The van der Waals surface area contributed by atoms with Gasteiger partial charge in [-0.2, -0.15) is 0 Å². The fourth-order valence-corrected chi connectivity index (χ4v) is 5.14. The summed E-state index contributed by atoms with van der Waals surface area (Å²) >= 11 is 0. The highest BCUT2D eigenvalue weighted by atomic mass is 19.1. The van der Waals surface area contributed by atoms with Crippen molar-refractivity contribution in [3.63, 3.8) is 0 Å². The molecule has 1 saturated heterocycles. The van der Waals surface area contributed by atoms with E-state index in [1.54, 1.807) is 30.3 Å². The Labute approximate surface area is 237 Å². The van der Waals surface area contributed by atoms with Crippen LogP contribution in [0.1, 0.15) is 29.9 Å². The van der Waals surface area contributed by atoms with Gasteiger partial charge in [-0.1, -0.05) is 30.3 Å². The van der Waals surface area contributed by atoms with E-state index in [1.807, 2.05) is 18.2 Å². The van der Waals surface area contributed by atoms with E-state index in [-0.39, 0.29) is 18.4 Å². The summed E-state index contributed by atoms with van der Waals surface area (Å²) in [5, 5.41) is 19.4. The van der Waals surface area contributed by atoms with Crippen LogP contribution in [0.5, 0.6) is 5.88 Å². The molecule has 2 aliphatic rings. The van der Waals surface area contributed by atoms with E-state index in [4.69, 9.17) is 21.0 Å². The zero-order valence-corrected chi connectivity index (χ0v) is 22.4. The summed E-state index contributed by atoms with van der Waals surface area (Å²) in [5.74, 6) is 0.866. The van der Waals surface area contributed by atoms with Crippen LogP contribution >= 0.6 is 0 Å². The molecule has 0 spiro atoms. The molecule has 2 aromatic carbocycles. The van der Waals surface area contributed by atoms with E-state index in [1.165, 1.54) is 6.07 Å². The molecule has 41 heavy (non-hydrogen) atoms. The zero-order valence-electron chi connectivity index (χ0n) is 22.4. The lowest BCUT2D eigenvalue weighted by atomic mass is 9.80. The van der Waals surface area contributed by atoms with Crippen molar-refractivity contribution < 1.29 is 23.9 Å². The number of nitrogens with zero attached hydrogens (tertiary/aromatic N) is 5. The molecule has 0 saturated carbocycles. The smallest absolute Gasteiger partial charge is 0.473 e. The first-order valence-corrected chi connectivity index (χ1v) is 13.6. The van der Waals surface area contributed by atoms with Gasteiger partial charge in [-0.15, -0.1) is 0 Å². The molecule has 2 aromatic heterocycles. The van der Waals surface area contributed by atoms with Gasteiger partial charge >= 0.3 is 7.12 Å². The number of rotatable bonds is 9. The minimum absolute atomic E-state index is 0.0268. The molecule has 4 aromatic rings. The van der Waals surface area contributed by atoms with Crippen molar-refractivity contribution in [2.24, 2.45) is 0 Å². The number of halogens is 1. The Balaban J connectivity index is 1.14. The molecule has 0 unspecified atom stereocenters. The third kappa shape index (κ3) is 6.01. The van der Waals surface area contributed by atoms with Gasteiger partial charge in [0.25, 0.3) is 0 Å². The zero-order chi connectivity index (χ0) is 28.3. The second-order valence-electron chi connectivity index (χ2n) is 10.3. The topological polar surface area (TPSA) is 97.2 Å². The van der Waals surface area contributed by atoms with Gasteiger partial charge in [0.1, 0.15) is 18.2 Å². The van der Waals surface area contributed by atoms with Gasteiger partial charge in [-0.05, 0) is 48.1 Å². The Morgan fingerprint density at radius 1 is 1.15 bits per heavy atom. The molecule has 0 amide bonds. The molecule has 208 valence electrons. The molecular weight excluding hydrogens is 524 g/mol. The van der Waals surface area contributed by atoms with Gasteiger partial charge in [-0.25, -0.2) is 19.2 Å². The van der Waals surface area contributed by atoms with E-state index >= 15 is 0 Å². The monoisotopic (exact) mass is 553 g/mol. The molecule has 0 bridgehead atoms. The summed E-state index contributed by atoms with van der Waals surface area (Å²) in [5.41, 5.74) is 4.71. The minimum atomic E-state index is -1.53. The predicted octanol–water partition coefficient (Wildman–Crippen LogP) is 3.46. The van der Waals surface area contributed by atoms with Gasteiger partial charge < -0.3 is 24.1 Å². The number of fused-ring (bicyclic) bond motifs is 1. The molecule has 4 heterocycles. The fraction of sp³-hybridized carbons (Fsp3) is 0.300. The van der Waals surface area contributed by atoms with Crippen LogP contribution in [0.15, 0.2) is 60.7 Å². The first-order chi connectivity index (χ1) is 20.0. The van der Waals surface area contributed by atoms with Crippen LogP contribution in [0.2, 0.25) is 0 Å². The number of pyridine rings is 1. The third-order valence-electron chi connectivity index (χ3n) is 7.58. The van der Waals surface area contributed by atoms with Crippen molar-refractivity contribution in [2.45, 2.75) is 38.6 Å². The second kappa shape index (κ2) is 11.8. The third-order valence-corrected chi connectivity index (χ3v) is 7.58. The average molecular weight is 553 g/mol. The molecular formula is C30H29BFN5O4. The maximum atomic E-state index is 14.2. The minimum Gasteiger partial charge on any atom is -0.473 e. The lowest BCUT2D eigenvalue weighted by Crippen LogP contribution is -2.34. The summed E-state index contributed by atoms with van der Waals surface area (Å²) in [6, 6.07) is 15.2. The summed E-state index contributed by atoms with van der Waals surface area (Å²) in [4.78, 5) is 15.1. The summed E-state index contributed by atoms with van der Waals surface area (Å²) in [6.45, 7) is 10.7. The van der Waals surface area contributed by atoms with Crippen LogP contribution in [0.3, 0.4) is 0 Å². The highest BCUT2D eigenvalue weighted by molar-refractivity contribution is 6.58. The molecule has 6 rings (SSSR count). The van der Waals surface area contributed by atoms with Gasteiger partial charge in [0.15, 0.2) is 5.69 Å².